The maximum absolute atomic E-state index is 11.9. The second kappa shape index (κ2) is 7.85. The van der Waals surface area contributed by atoms with Gasteiger partial charge in [-0.2, -0.15) is 0 Å². The number of thiazole rings is 1. The Morgan fingerprint density at radius 2 is 1.96 bits per heavy atom. The van der Waals surface area contributed by atoms with Gasteiger partial charge >= 0.3 is 0 Å². The minimum atomic E-state index is -0.147. The van der Waals surface area contributed by atoms with Crippen molar-refractivity contribution in [2.75, 3.05) is 13.2 Å². The zero-order valence-electron chi connectivity index (χ0n) is 14.1. The fourth-order valence-corrected chi connectivity index (χ4v) is 3.60. The van der Waals surface area contributed by atoms with Gasteiger partial charge in [0, 0.05) is 18.0 Å². The molecule has 1 heterocycles. The van der Waals surface area contributed by atoms with Crippen LogP contribution < -0.4 is 10.1 Å². The predicted octanol–water partition coefficient (Wildman–Crippen LogP) is 4.30. The standard InChI is InChI=1S/C19H19ClN2O2S/c1-12-9-14(10-13(2)19(12)20)24-11-17(23)21-8-7-18-22-15-5-3-4-6-16(15)25-18/h3-6,9-10H,7-8,11H2,1-2H3,(H,21,23). The summed E-state index contributed by atoms with van der Waals surface area (Å²) in [6, 6.07) is 11.7. The number of hydrogen-bond acceptors (Lipinski definition) is 4. The molecule has 1 N–H and O–H groups in total. The Labute approximate surface area is 155 Å². The molecule has 0 bridgehead atoms. The molecule has 0 aliphatic carbocycles. The molecule has 0 aliphatic rings. The van der Waals surface area contributed by atoms with Crippen LogP contribution in [0.15, 0.2) is 36.4 Å². The van der Waals surface area contributed by atoms with Crippen LogP contribution in [0, 0.1) is 13.8 Å². The van der Waals surface area contributed by atoms with Gasteiger partial charge in [-0.1, -0.05) is 23.7 Å². The first kappa shape index (κ1) is 17.7. The number of aromatic nitrogens is 1. The summed E-state index contributed by atoms with van der Waals surface area (Å²) in [6.45, 7) is 4.36. The molecule has 3 rings (SSSR count). The lowest BCUT2D eigenvalue weighted by atomic mass is 10.1. The molecule has 1 amide bonds. The summed E-state index contributed by atoms with van der Waals surface area (Å²) in [6.07, 6.45) is 0.713. The van der Waals surface area contributed by atoms with Gasteiger partial charge in [0.25, 0.3) is 5.91 Å². The van der Waals surface area contributed by atoms with E-state index >= 15 is 0 Å². The van der Waals surface area contributed by atoms with E-state index in [1.807, 2.05) is 44.2 Å². The van der Waals surface area contributed by atoms with Crippen LogP contribution in [0.5, 0.6) is 5.75 Å². The maximum atomic E-state index is 11.9. The van der Waals surface area contributed by atoms with E-state index in [0.717, 1.165) is 26.7 Å². The van der Waals surface area contributed by atoms with Crippen molar-refractivity contribution >= 4 is 39.1 Å². The first-order valence-electron chi connectivity index (χ1n) is 8.03. The van der Waals surface area contributed by atoms with E-state index in [0.29, 0.717) is 18.7 Å². The first-order chi connectivity index (χ1) is 12.0. The van der Waals surface area contributed by atoms with Gasteiger partial charge in [-0.05, 0) is 49.2 Å². The van der Waals surface area contributed by atoms with Gasteiger partial charge in [-0.15, -0.1) is 11.3 Å². The molecule has 0 fully saturated rings. The molecule has 0 saturated heterocycles. The van der Waals surface area contributed by atoms with Gasteiger partial charge < -0.3 is 10.1 Å². The average molecular weight is 375 g/mol. The highest BCUT2D eigenvalue weighted by Gasteiger charge is 2.07. The van der Waals surface area contributed by atoms with Crippen molar-refractivity contribution in [1.29, 1.82) is 0 Å². The Kier molecular flexibility index (Phi) is 5.56. The lowest BCUT2D eigenvalue weighted by Crippen LogP contribution is -2.30. The topological polar surface area (TPSA) is 51.2 Å². The maximum Gasteiger partial charge on any atom is 0.257 e. The van der Waals surface area contributed by atoms with Crippen LogP contribution >= 0.6 is 22.9 Å². The highest BCUT2D eigenvalue weighted by molar-refractivity contribution is 7.18. The number of halogens is 1. The molecule has 0 saturated carbocycles. The largest absolute Gasteiger partial charge is 0.484 e. The van der Waals surface area contributed by atoms with E-state index in [9.17, 15) is 4.79 Å². The van der Waals surface area contributed by atoms with E-state index in [4.69, 9.17) is 16.3 Å². The van der Waals surface area contributed by atoms with Gasteiger partial charge in [0.05, 0.1) is 15.2 Å². The number of nitrogens with one attached hydrogen (secondary N) is 1. The summed E-state index contributed by atoms with van der Waals surface area (Å²) in [5, 5.41) is 4.61. The number of carbonyl (C=O) groups excluding carboxylic acids is 1. The molecule has 0 atom stereocenters. The molecule has 3 aromatic rings. The number of fused-ring (bicyclic) bond motifs is 1. The van der Waals surface area contributed by atoms with E-state index in [2.05, 4.69) is 16.4 Å². The first-order valence-corrected chi connectivity index (χ1v) is 9.23. The minimum absolute atomic E-state index is 0.0135. The summed E-state index contributed by atoms with van der Waals surface area (Å²) < 4.78 is 6.72. The number of carbonyl (C=O) groups is 1. The molecule has 0 spiro atoms. The Morgan fingerprint density at radius 3 is 2.68 bits per heavy atom. The Balaban J connectivity index is 1.46. The molecule has 6 heteroatoms. The highest BCUT2D eigenvalue weighted by Crippen LogP contribution is 2.25. The Hall–Kier alpha value is -2.11. The molecule has 0 radical (unpaired) electrons. The second-order valence-corrected chi connectivity index (χ2v) is 7.33. The predicted molar refractivity (Wildman–Crippen MR) is 103 cm³/mol. The zero-order valence-corrected chi connectivity index (χ0v) is 15.7. The van der Waals surface area contributed by atoms with Gasteiger partial charge in [0.1, 0.15) is 5.75 Å². The number of ether oxygens (including phenoxy) is 1. The zero-order chi connectivity index (χ0) is 17.8. The average Bonchev–Trinajstić information content (AvgIpc) is 3.00. The molecule has 4 nitrogen and oxygen atoms in total. The third-order valence-electron chi connectivity index (χ3n) is 3.78. The van der Waals surface area contributed by atoms with Crippen molar-refractivity contribution in [2.45, 2.75) is 20.3 Å². The fourth-order valence-electron chi connectivity index (χ4n) is 2.53. The van der Waals surface area contributed by atoms with Crippen LogP contribution in [0.25, 0.3) is 10.2 Å². The van der Waals surface area contributed by atoms with E-state index in [1.54, 1.807) is 11.3 Å². The SMILES string of the molecule is Cc1cc(OCC(=O)NCCc2nc3ccccc3s2)cc(C)c1Cl. The van der Waals surface area contributed by atoms with Crippen LogP contribution in [0.2, 0.25) is 5.02 Å². The normalized spacial score (nSPS) is 10.8. The lowest BCUT2D eigenvalue weighted by Gasteiger charge is -2.10. The molecular formula is C19H19ClN2O2S. The highest BCUT2D eigenvalue weighted by atomic mass is 35.5. The van der Waals surface area contributed by atoms with Crippen LogP contribution in [-0.4, -0.2) is 24.0 Å². The number of amides is 1. The third-order valence-corrected chi connectivity index (χ3v) is 5.47. The molecule has 0 unspecified atom stereocenters. The number of rotatable bonds is 6. The van der Waals surface area contributed by atoms with Gasteiger partial charge in [0.2, 0.25) is 0 Å². The van der Waals surface area contributed by atoms with Crippen molar-refractivity contribution in [2.24, 2.45) is 0 Å². The molecule has 0 aliphatic heterocycles. The molecule has 130 valence electrons. The minimum Gasteiger partial charge on any atom is -0.484 e. The lowest BCUT2D eigenvalue weighted by molar-refractivity contribution is -0.123. The number of hydrogen-bond donors (Lipinski definition) is 1. The van der Waals surface area contributed by atoms with Gasteiger partial charge in [-0.3, -0.25) is 4.79 Å². The number of aryl methyl sites for hydroxylation is 2. The molecule has 2 aromatic carbocycles. The van der Waals surface area contributed by atoms with Crippen molar-refractivity contribution < 1.29 is 9.53 Å². The fraction of sp³-hybridized carbons (Fsp3) is 0.263. The van der Waals surface area contributed by atoms with E-state index in [-0.39, 0.29) is 12.5 Å². The van der Waals surface area contributed by atoms with Crippen molar-refractivity contribution in [3.8, 4) is 5.75 Å². The third kappa shape index (κ3) is 4.50. The summed E-state index contributed by atoms with van der Waals surface area (Å²) in [5.41, 5.74) is 2.88. The summed E-state index contributed by atoms with van der Waals surface area (Å²) in [5.74, 6) is 0.507. The van der Waals surface area contributed by atoms with Crippen LogP contribution in [0.1, 0.15) is 16.1 Å². The second-order valence-electron chi connectivity index (χ2n) is 5.84. The smallest absolute Gasteiger partial charge is 0.257 e. The van der Waals surface area contributed by atoms with Crippen LogP contribution in [0.3, 0.4) is 0 Å². The summed E-state index contributed by atoms with van der Waals surface area (Å²) >= 11 is 7.79. The van der Waals surface area contributed by atoms with Crippen molar-refractivity contribution in [3.63, 3.8) is 0 Å². The Bertz CT molecular complexity index is 851. The number of para-hydroxylation sites is 1. The van der Waals surface area contributed by atoms with E-state index in [1.165, 1.54) is 4.70 Å². The van der Waals surface area contributed by atoms with Crippen molar-refractivity contribution in [3.05, 3.63) is 57.6 Å². The van der Waals surface area contributed by atoms with E-state index < -0.39 is 0 Å². The van der Waals surface area contributed by atoms with Gasteiger partial charge in [0.15, 0.2) is 6.61 Å². The summed E-state index contributed by atoms with van der Waals surface area (Å²) in [4.78, 5) is 16.5. The van der Waals surface area contributed by atoms with Crippen LogP contribution in [-0.2, 0) is 11.2 Å². The van der Waals surface area contributed by atoms with Crippen molar-refractivity contribution in [1.82, 2.24) is 10.3 Å². The molecule has 1 aromatic heterocycles. The Morgan fingerprint density at radius 1 is 1.24 bits per heavy atom. The monoisotopic (exact) mass is 374 g/mol. The number of nitrogens with zero attached hydrogens (tertiary/aromatic N) is 1. The molecular weight excluding hydrogens is 356 g/mol. The molecule has 25 heavy (non-hydrogen) atoms. The number of benzene rings is 2. The summed E-state index contributed by atoms with van der Waals surface area (Å²) in [7, 11) is 0. The quantitative estimate of drug-likeness (QED) is 0.699. The van der Waals surface area contributed by atoms with Gasteiger partial charge in [-0.25, -0.2) is 4.98 Å². The van der Waals surface area contributed by atoms with Crippen LogP contribution in [0.4, 0.5) is 0 Å².